The Kier molecular flexibility index (Phi) is 5.18. The number of halogens is 2. The summed E-state index contributed by atoms with van der Waals surface area (Å²) < 4.78 is 1.00. The van der Waals surface area contributed by atoms with E-state index in [0.717, 1.165) is 33.7 Å². The molecular formula is C13H14BrClN2S. The number of benzene rings is 1. The van der Waals surface area contributed by atoms with Gasteiger partial charge in [-0.2, -0.15) is 0 Å². The Morgan fingerprint density at radius 2 is 2.33 bits per heavy atom. The molecule has 1 N–H and O–H groups in total. The zero-order chi connectivity index (χ0) is 13.0. The summed E-state index contributed by atoms with van der Waals surface area (Å²) in [5, 5.41) is 6.33. The number of nitrogens with one attached hydrogen (secondary N) is 1. The number of likely N-dealkylation sites (N-methyl/N-ethyl adjacent to an activating group) is 1. The third-order valence-electron chi connectivity index (χ3n) is 2.70. The second-order valence-electron chi connectivity index (χ2n) is 3.96. The summed E-state index contributed by atoms with van der Waals surface area (Å²) in [6.45, 7) is 3.01. The minimum absolute atomic E-state index is 0.222. The van der Waals surface area contributed by atoms with E-state index in [2.05, 4.69) is 44.6 Å². The van der Waals surface area contributed by atoms with Crippen molar-refractivity contribution in [2.24, 2.45) is 0 Å². The summed E-state index contributed by atoms with van der Waals surface area (Å²) in [6, 6.07) is 6.23. The number of aromatic nitrogens is 1. The average Bonchev–Trinajstić information content (AvgIpc) is 2.85. The fourth-order valence-electron chi connectivity index (χ4n) is 1.83. The SMILES string of the molecule is CCNC(Cc1ccc(Br)cc1Cl)c1cscn1. The van der Waals surface area contributed by atoms with Crippen molar-refractivity contribution in [1.82, 2.24) is 10.3 Å². The molecule has 0 spiro atoms. The summed E-state index contributed by atoms with van der Waals surface area (Å²) in [7, 11) is 0. The fourth-order valence-corrected chi connectivity index (χ4v) is 3.19. The van der Waals surface area contributed by atoms with Gasteiger partial charge in [0.2, 0.25) is 0 Å². The minimum Gasteiger partial charge on any atom is -0.309 e. The second-order valence-corrected chi connectivity index (χ2v) is 6.00. The van der Waals surface area contributed by atoms with Gasteiger partial charge < -0.3 is 5.32 Å². The molecule has 18 heavy (non-hydrogen) atoms. The molecule has 1 heterocycles. The quantitative estimate of drug-likeness (QED) is 0.866. The molecule has 0 aliphatic carbocycles. The number of hydrogen-bond donors (Lipinski definition) is 1. The Bertz CT molecular complexity index is 502. The van der Waals surface area contributed by atoms with E-state index in [0.29, 0.717) is 0 Å². The lowest BCUT2D eigenvalue weighted by molar-refractivity contribution is 0.539. The fraction of sp³-hybridized carbons (Fsp3) is 0.308. The molecule has 1 atom stereocenters. The Morgan fingerprint density at radius 1 is 1.50 bits per heavy atom. The van der Waals surface area contributed by atoms with Crippen LogP contribution in [0.4, 0.5) is 0 Å². The van der Waals surface area contributed by atoms with Crippen molar-refractivity contribution in [3.05, 3.63) is 49.8 Å². The number of thiazole rings is 1. The topological polar surface area (TPSA) is 24.9 Å². The van der Waals surface area contributed by atoms with E-state index in [-0.39, 0.29) is 6.04 Å². The van der Waals surface area contributed by atoms with Crippen LogP contribution in [0.1, 0.15) is 24.2 Å². The standard InChI is InChI=1S/C13H14BrClN2S/c1-2-16-12(13-7-18-8-17-13)5-9-3-4-10(14)6-11(9)15/h3-4,6-8,12,16H,2,5H2,1H3. The molecule has 0 aliphatic heterocycles. The maximum atomic E-state index is 6.26. The molecule has 2 nitrogen and oxygen atoms in total. The van der Waals surface area contributed by atoms with Gasteiger partial charge in [-0.15, -0.1) is 11.3 Å². The van der Waals surface area contributed by atoms with Gasteiger partial charge in [-0.25, -0.2) is 4.98 Å². The van der Waals surface area contributed by atoms with Crippen molar-refractivity contribution < 1.29 is 0 Å². The van der Waals surface area contributed by atoms with Crippen molar-refractivity contribution >= 4 is 38.9 Å². The van der Waals surface area contributed by atoms with Gasteiger partial charge in [0.05, 0.1) is 17.2 Å². The lowest BCUT2D eigenvalue weighted by Gasteiger charge is -2.16. The largest absolute Gasteiger partial charge is 0.309 e. The number of nitrogens with zero attached hydrogens (tertiary/aromatic N) is 1. The van der Waals surface area contributed by atoms with Crippen LogP contribution >= 0.6 is 38.9 Å². The molecule has 0 amide bonds. The average molecular weight is 346 g/mol. The molecule has 1 aromatic heterocycles. The summed E-state index contributed by atoms with van der Waals surface area (Å²) >= 11 is 11.3. The van der Waals surface area contributed by atoms with Gasteiger partial charge in [0, 0.05) is 14.9 Å². The van der Waals surface area contributed by atoms with Crippen LogP contribution in [0, 0.1) is 0 Å². The van der Waals surface area contributed by atoms with E-state index in [9.17, 15) is 0 Å². The second kappa shape index (κ2) is 6.66. The molecule has 0 aliphatic rings. The predicted octanol–water partition coefficient (Wildman–Crippen LogP) is 4.45. The molecule has 2 aromatic rings. The molecular weight excluding hydrogens is 332 g/mol. The van der Waals surface area contributed by atoms with Gasteiger partial charge in [0.25, 0.3) is 0 Å². The molecule has 0 bridgehead atoms. The van der Waals surface area contributed by atoms with Crippen LogP contribution < -0.4 is 5.32 Å². The lowest BCUT2D eigenvalue weighted by atomic mass is 10.0. The summed E-state index contributed by atoms with van der Waals surface area (Å²) in [5.41, 5.74) is 4.09. The third-order valence-corrected chi connectivity index (χ3v) is 4.15. The molecule has 2 rings (SSSR count). The Balaban J connectivity index is 2.18. The maximum absolute atomic E-state index is 6.26. The highest BCUT2D eigenvalue weighted by Gasteiger charge is 2.14. The van der Waals surface area contributed by atoms with Crippen LogP contribution in [0.2, 0.25) is 5.02 Å². The minimum atomic E-state index is 0.222. The first-order chi connectivity index (χ1) is 8.70. The van der Waals surface area contributed by atoms with Crippen molar-refractivity contribution in [2.75, 3.05) is 6.54 Å². The molecule has 0 radical (unpaired) electrons. The Labute approximate surface area is 125 Å². The molecule has 96 valence electrons. The van der Waals surface area contributed by atoms with E-state index < -0.39 is 0 Å². The van der Waals surface area contributed by atoms with Crippen LogP contribution in [0.15, 0.2) is 33.6 Å². The first kappa shape index (κ1) is 14.0. The molecule has 0 saturated heterocycles. The van der Waals surface area contributed by atoms with Crippen molar-refractivity contribution in [2.45, 2.75) is 19.4 Å². The number of hydrogen-bond acceptors (Lipinski definition) is 3. The van der Waals surface area contributed by atoms with E-state index >= 15 is 0 Å². The Morgan fingerprint density at radius 3 is 2.94 bits per heavy atom. The highest BCUT2D eigenvalue weighted by atomic mass is 79.9. The van der Waals surface area contributed by atoms with Crippen molar-refractivity contribution in [3.63, 3.8) is 0 Å². The van der Waals surface area contributed by atoms with Gasteiger partial charge in [-0.3, -0.25) is 0 Å². The highest BCUT2D eigenvalue weighted by molar-refractivity contribution is 9.10. The summed E-state index contributed by atoms with van der Waals surface area (Å²) in [5.74, 6) is 0. The molecule has 1 aromatic carbocycles. The van der Waals surface area contributed by atoms with E-state index in [4.69, 9.17) is 11.6 Å². The third kappa shape index (κ3) is 3.54. The van der Waals surface area contributed by atoms with Crippen LogP contribution in [-0.4, -0.2) is 11.5 Å². The van der Waals surface area contributed by atoms with Crippen LogP contribution in [-0.2, 0) is 6.42 Å². The van der Waals surface area contributed by atoms with Crippen molar-refractivity contribution in [1.29, 1.82) is 0 Å². The zero-order valence-electron chi connectivity index (χ0n) is 9.99. The number of rotatable bonds is 5. The van der Waals surface area contributed by atoms with E-state index in [1.165, 1.54) is 0 Å². The normalized spacial score (nSPS) is 12.6. The van der Waals surface area contributed by atoms with E-state index in [1.54, 1.807) is 11.3 Å². The van der Waals surface area contributed by atoms with Gasteiger partial charge in [0.15, 0.2) is 0 Å². The Hall–Kier alpha value is -0.420. The van der Waals surface area contributed by atoms with E-state index in [1.807, 2.05) is 17.6 Å². The maximum Gasteiger partial charge on any atom is 0.0795 e. The van der Waals surface area contributed by atoms with Crippen LogP contribution in [0.3, 0.4) is 0 Å². The molecule has 1 unspecified atom stereocenters. The van der Waals surface area contributed by atoms with Gasteiger partial charge in [0.1, 0.15) is 0 Å². The zero-order valence-corrected chi connectivity index (χ0v) is 13.1. The molecule has 0 saturated carbocycles. The summed E-state index contributed by atoms with van der Waals surface area (Å²) in [6.07, 6.45) is 0.851. The molecule has 5 heteroatoms. The lowest BCUT2D eigenvalue weighted by Crippen LogP contribution is -2.23. The van der Waals surface area contributed by atoms with Gasteiger partial charge >= 0.3 is 0 Å². The van der Waals surface area contributed by atoms with Crippen LogP contribution in [0.5, 0.6) is 0 Å². The predicted molar refractivity (Wildman–Crippen MR) is 81.4 cm³/mol. The highest BCUT2D eigenvalue weighted by Crippen LogP contribution is 2.26. The van der Waals surface area contributed by atoms with Crippen LogP contribution in [0.25, 0.3) is 0 Å². The van der Waals surface area contributed by atoms with Gasteiger partial charge in [-0.05, 0) is 30.7 Å². The monoisotopic (exact) mass is 344 g/mol. The molecule has 0 fully saturated rings. The summed E-state index contributed by atoms with van der Waals surface area (Å²) in [4.78, 5) is 4.38. The van der Waals surface area contributed by atoms with Gasteiger partial charge in [-0.1, -0.05) is 40.5 Å². The first-order valence-corrected chi connectivity index (χ1v) is 7.87. The van der Waals surface area contributed by atoms with Crippen molar-refractivity contribution in [3.8, 4) is 0 Å². The smallest absolute Gasteiger partial charge is 0.0795 e. The first-order valence-electron chi connectivity index (χ1n) is 5.76.